The van der Waals surface area contributed by atoms with Crippen molar-refractivity contribution in [3.8, 4) is 11.5 Å². The Hall–Kier alpha value is -0.797. The summed E-state index contributed by atoms with van der Waals surface area (Å²) < 4.78 is 17.2. The molecule has 1 aliphatic rings. The average molecular weight is 472 g/mol. The molecule has 0 radical (unpaired) electrons. The van der Waals surface area contributed by atoms with Gasteiger partial charge in [-0.3, -0.25) is 0 Å². The van der Waals surface area contributed by atoms with E-state index in [-0.39, 0.29) is 44.3 Å². The number of anilines is 1. The molecule has 0 aliphatic carbocycles. The van der Waals surface area contributed by atoms with Crippen molar-refractivity contribution < 1.29 is 46.1 Å². The van der Waals surface area contributed by atoms with Gasteiger partial charge in [-0.25, -0.2) is 0 Å². The van der Waals surface area contributed by atoms with Gasteiger partial charge in [0.25, 0.3) is 0 Å². The van der Waals surface area contributed by atoms with E-state index in [2.05, 4.69) is 23.7 Å². The van der Waals surface area contributed by atoms with Crippen LogP contribution in [0, 0.1) is 5.39 Å². The molecule has 1 fully saturated rings. The van der Waals surface area contributed by atoms with Crippen LogP contribution in [0.15, 0.2) is 12.1 Å². The minimum absolute atomic E-state index is 0. The summed E-state index contributed by atoms with van der Waals surface area (Å²) in [6, 6.07) is 3.69. The number of ether oxygens (including phenoxy) is 3. The number of rotatable bonds is 9. The molecular weight excluding hydrogens is 443 g/mol. The van der Waals surface area contributed by atoms with Crippen LogP contribution < -0.4 is 26.8 Å². The Morgan fingerprint density at radius 1 is 1.04 bits per heavy atom. The molecule has 2 rings (SSSR count). The average Bonchev–Trinajstić information content (AvgIpc) is 2.63. The second-order valence-corrected chi connectivity index (χ2v) is 5.89. The van der Waals surface area contributed by atoms with E-state index in [9.17, 15) is 5.39 Å². The zero-order valence-electron chi connectivity index (χ0n) is 16.3. The molecule has 150 valence electrons. The number of unbranched alkanes of at least 4 members (excludes halogenated alkanes) is 2. The third-order valence-corrected chi connectivity index (χ3v) is 4.01. The van der Waals surface area contributed by atoms with Gasteiger partial charge < -0.3 is 31.5 Å². The van der Waals surface area contributed by atoms with Crippen LogP contribution >= 0.6 is 12.4 Å². The van der Waals surface area contributed by atoms with Gasteiger partial charge in [-0.05, 0) is 12.8 Å². The Kier molecular flexibility index (Phi) is 17.0. The minimum atomic E-state index is 0. The third-order valence-electron chi connectivity index (χ3n) is 4.01. The van der Waals surface area contributed by atoms with Crippen molar-refractivity contribution in [3.05, 3.63) is 17.1 Å². The Morgan fingerprint density at radius 3 is 2.11 bits per heavy atom. The fourth-order valence-corrected chi connectivity index (χ4v) is 2.55. The van der Waals surface area contributed by atoms with Crippen LogP contribution in [0.25, 0.3) is 4.98 Å². The summed E-state index contributed by atoms with van der Waals surface area (Å²) in [4.78, 5) is 5.61. The molecule has 0 amide bonds. The Morgan fingerprint density at radius 2 is 1.59 bits per heavy atom. The van der Waals surface area contributed by atoms with Crippen molar-refractivity contribution in [2.75, 3.05) is 44.4 Å². The van der Waals surface area contributed by atoms with Gasteiger partial charge in [0.2, 0.25) is 11.1 Å². The summed E-state index contributed by atoms with van der Waals surface area (Å²) in [6.45, 7) is 8.53. The SMILES string of the molecule is CCCCOc1cc(N2CCOCC2)c(OCCCC)cc1[N+]#N.Cl.[Cl-].[Zn]. The van der Waals surface area contributed by atoms with Crippen LogP contribution in [-0.2, 0) is 24.2 Å². The second-order valence-electron chi connectivity index (χ2n) is 5.89. The number of nitrogens with zero attached hydrogens (tertiary/aromatic N) is 3. The topological polar surface area (TPSA) is 59.1 Å². The minimum Gasteiger partial charge on any atom is -1.00 e. The van der Waals surface area contributed by atoms with Gasteiger partial charge in [0.1, 0.15) is 0 Å². The van der Waals surface area contributed by atoms with E-state index in [1.807, 2.05) is 6.07 Å². The summed E-state index contributed by atoms with van der Waals surface area (Å²) in [7, 11) is 0. The Balaban J connectivity index is 0. The van der Waals surface area contributed by atoms with E-state index in [0.717, 1.165) is 50.2 Å². The van der Waals surface area contributed by atoms with Crippen LogP contribution in [0.2, 0.25) is 0 Å². The number of diazo groups is 1. The number of hydrogen-bond donors (Lipinski definition) is 0. The van der Waals surface area contributed by atoms with E-state index in [4.69, 9.17) is 14.2 Å². The fourth-order valence-electron chi connectivity index (χ4n) is 2.55. The van der Waals surface area contributed by atoms with Crippen LogP contribution in [-0.4, -0.2) is 39.5 Å². The molecule has 0 aromatic heterocycles. The van der Waals surface area contributed by atoms with E-state index >= 15 is 0 Å². The van der Waals surface area contributed by atoms with Gasteiger partial charge in [-0.1, -0.05) is 26.7 Å². The second kappa shape index (κ2) is 16.2. The first-order valence-corrected chi connectivity index (χ1v) is 8.91. The molecule has 0 atom stereocenters. The molecule has 0 saturated carbocycles. The number of hydrogen-bond acceptors (Lipinski definition) is 5. The van der Waals surface area contributed by atoms with Gasteiger partial charge in [0.05, 0.1) is 38.2 Å². The van der Waals surface area contributed by atoms with Crippen molar-refractivity contribution in [3.63, 3.8) is 0 Å². The zero-order valence-corrected chi connectivity index (χ0v) is 20.8. The molecule has 1 saturated heterocycles. The fraction of sp³-hybridized carbons (Fsp3) is 0.667. The molecule has 1 aliphatic heterocycles. The van der Waals surface area contributed by atoms with Crippen molar-refractivity contribution >= 4 is 23.8 Å². The first-order chi connectivity index (χ1) is 11.8. The van der Waals surface area contributed by atoms with Crippen LogP contribution in [0.1, 0.15) is 39.5 Å². The molecule has 1 heterocycles. The molecule has 0 spiro atoms. The van der Waals surface area contributed by atoms with E-state index in [1.54, 1.807) is 6.07 Å². The molecule has 9 heteroatoms. The number of morpholine rings is 1. The van der Waals surface area contributed by atoms with Crippen LogP contribution in [0.4, 0.5) is 11.4 Å². The van der Waals surface area contributed by atoms with Gasteiger partial charge in [-0.15, -0.1) is 12.4 Å². The first kappa shape index (κ1) is 28.4. The maximum atomic E-state index is 9.33. The largest absolute Gasteiger partial charge is 1.00 e. The standard InChI is InChI=1S/C18H28N3O3.2ClH.Zn/c1-3-5-9-23-17-14-16(21-7-11-22-12-8-21)18(13-15(17)20-19)24-10-6-4-2;;;/h13-14H,3-12H2,1-2H3;2*1H;/q+1;;;/p-1. The maximum absolute atomic E-state index is 9.33. The predicted molar refractivity (Wildman–Crippen MR) is 102 cm³/mol. The van der Waals surface area contributed by atoms with Crippen molar-refractivity contribution in [1.82, 2.24) is 0 Å². The smallest absolute Gasteiger partial charge is 0.430 e. The van der Waals surface area contributed by atoms with Gasteiger partial charge in [0, 0.05) is 38.6 Å². The Bertz CT molecular complexity index is 568. The monoisotopic (exact) mass is 469 g/mol. The molecule has 0 bridgehead atoms. The summed E-state index contributed by atoms with van der Waals surface area (Å²) >= 11 is 0. The molecule has 6 nitrogen and oxygen atoms in total. The Labute approximate surface area is 187 Å². The van der Waals surface area contributed by atoms with Gasteiger partial charge in [-0.2, -0.15) is 0 Å². The summed E-state index contributed by atoms with van der Waals surface area (Å²) in [6.07, 6.45) is 4.08. The molecule has 0 N–H and O–H groups in total. The van der Waals surface area contributed by atoms with Crippen molar-refractivity contribution in [2.45, 2.75) is 39.5 Å². The maximum Gasteiger partial charge on any atom is 0.430 e. The molecule has 1 aromatic rings. The zero-order chi connectivity index (χ0) is 17.2. The van der Waals surface area contributed by atoms with E-state index < -0.39 is 0 Å². The quantitative estimate of drug-likeness (QED) is 0.312. The van der Waals surface area contributed by atoms with Gasteiger partial charge >= 0.3 is 5.69 Å². The first-order valence-electron chi connectivity index (χ1n) is 8.91. The molecular formula is C18H29Cl2N3O3Zn. The van der Waals surface area contributed by atoms with Crippen LogP contribution in [0.5, 0.6) is 11.5 Å². The molecule has 0 unspecified atom stereocenters. The van der Waals surface area contributed by atoms with E-state index in [1.165, 1.54) is 0 Å². The number of halogens is 2. The van der Waals surface area contributed by atoms with Crippen molar-refractivity contribution in [2.24, 2.45) is 0 Å². The summed E-state index contributed by atoms with van der Waals surface area (Å²) in [5, 5.41) is 9.33. The normalized spacial score (nSPS) is 12.7. The third kappa shape index (κ3) is 8.83. The summed E-state index contributed by atoms with van der Waals surface area (Å²) in [5.74, 6) is 1.33. The predicted octanol–water partition coefficient (Wildman–Crippen LogP) is 1.79. The number of benzene rings is 1. The molecule has 1 aromatic carbocycles. The van der Waals surface area contributed by atoms with E-state index in [0.29, 0.717) is 37.9 Å². The van der Waals surface area contributed by atoms with Crippen molar-refractivity contribution in [1.29, 1.82) is 5.39 Å². The van der Waals surface area contributed by atoms with Gasteiger partial charge in [0.15, 0.2) is 10.7 Å². The molecule has 27 heavy (non-hydrogen) atoms. The van der Waals surface area contributed by atoms with Crippen LogP contribution in [0.3, 0.4) is 0 Å². The summed E-state index contributed by atoms with van der Waals surface area (Å²) in [5.41, 5.74) is 1.39.